The Labute approximate surface area is 95.7 Å². The summed E-state index contributed by atoms with van der Waals surface area (Å²) in [6.45, 7) is 0. The van der Waals surface area contributed by atoms with E-state index in [2.05, 4.69) is 24.3 Å². The average Bonchev–Trinajstić information content (AvgIpc) is 2.33. The van der Waals surface area contributed by atoms with E-state index >= 15 is 0 Å². The topological polar surface area (TPSA) is 20.2 Å². The molecule has 80 valence electrons. The zero-order valence-electron chi connectivity index (χ0n) is 9.01. The normalized spacial score (nSPS) is 10.8. The number of phenols is 1. The minimum absolute atomic E-state index is 0.361. The molecule has 0 atom stereocenters. The van der Waals surface area contributed by atoms with Crippen LogP contribution in [-0.2, 0) is 6.42 Å². The Bertz CT molecular complexity index is 472. The highest BCUT2D eigenvalue weighted by molar-refractivity contribution is 5.49. The Balaban J connectivity index is 2.03. The van der Waals surface area contributed by atoms with Gasteiger partial charge in [0.15, 0.2) is 0 Å². The molecule has 0 bridgehead atoms. The van der Waals surface area contributed by atoms with Crippen LogP contribution in [0.15, 0.2) is 60.7 Å². The molecule has 2 rings (SSSR count). The first kappa shape index (κ1) is 10.5. The van der Waals surface area contributed by atoms with Gasteiger partial charge in [-0.15, -0.1) is 0 Å². The first-order valence-electron chi connectivity index (χ1n) is 5.35. The standard InChI is InChI=1S/C15H14O/c16-15-12-5-4-10-14(15)11-6-9-13-7-2-1-3-8-13/h1-10,12,16H,11H2/b9-6-. The molecular formula is C15H14O. The Kier molecular flexibility index (Phi) is 3.39. The Morgan fingerprint density at radius 3 is 2.31 bits per heavy atom. The monoisotopic (exact) mass is 210 g/mol. The molecule has 0 fully saturated rings. The predicted octanol–water partition coefficient (Wildman–Crippen LogP) is 3.65. The molecule has 1 nitrogen and oxygen atoms in total. The highest BCUT2D eigenvalue weighted by atomic mass is 16.3. The van der Waals surface area contributed by atoms with Gasteiger partial charge >= 0.3 is 0 Å². The van der Waals surface area contributed by atoms with E-state index in [-0.39, 0.29) is 0 Å². The highest BCUT2D eigenvalue weighted by Crippen LogP contribution is 2.16. The zero-order chi connectivity index (χ0) is 11.2. The van der Waals surface area contributed by atoms with Gasteiger partial charge in [-0.2, -0.15) is 0 Å². The summed E-state index contributed by atoms with van der Waals surface area (Å²) in [4.78, 5) is 0. The van der Waals surface area contributed by atoms with Crippen molar-refractivity contribution in [2.24, 2.45) is 0 Å². The Hall–Kier alpha value is -2.02. The van der Waals surface area contributed by atoms with E-state index in [1.165, 1.54) is 5.56 Å². The fourth-order valence-corrected chi connectivity index (χ4v) is 1.57. The highest BCUT2D eigenvalue weighted by Gasteiger charge is 1.95. The molecule has 0 aliphatic carbocycles. The Morgan fingerprint density at radius 1 is 0.875 bits per heavy atom. The number of para-hydroxylation sites is 1. The summed E-state index contributed by atoms with van der Waals surface area (Å²) >= 11 is 0. The van der Waals surface area contributed by atoms with Gasteiger partial charge in [-0.25, -0.2) is 0 Å². The quantitative estimate of drug-likeness (QED) is 0.819. The van der Waals surface area contributed by atoms with Crippen molar-refractivity contribution in [3.63, 3.8) is 0 Å². The predicted molar refractivity (Wildman–Crippen MR) is 67.3 cm³/mol. The number of aromatic hydroxyl groups is 1. The van der Waals surface area contributed by atoms with Gasteiger partial charge in [0, 0.05) is 0 Å². The van der Waals surface area contributed by atoms with Gasteiger partial charge in [-0.3, -0.25) is 0 Å². The molecule has 0 spiro atoms. The molecule has 2 aromatic rings. The summed E-state index contributed by atoms with van der Waals surface area (Å²) in [5, 5.41) is 9.57. The van der Waals surface area contributed by atoms with Gasteiger partial charge in [0.2, 0.25) is 0 Å². The molecule has 0 unspecified atom stereocenters. The molecular weight excluding hydrogens is 196 g/mol. The second-order valence-electron chi connectivity index (χ2n) is 3.65. The van der Waals surface area contributed by atoms with E-state index in [0.29, 0.717) is 5.75 Å². The first-order chi connectivity index (χ1) is 7.86. The smallest absolute Gasteiger partial charge is 0.119 e. The number of allylic oxidation sites excluding steroid dienone is 1. The van der Waals surface area contributed by atoms with Gasteiger partial charge in [0.1, 0.15) is 5.75 Å². The number of phenolic OH excluding ortho intramolecular Hbond substituents is 1. The van der Waals surface area contributed by atoms with Gasteiger partial charge in [0.25, 0.3) is 0 Å². The van der Waals surface area contributed by atoms with Crippen molar-refractivity contribution in [2.45, 2.75) is 6.42 Å². The molecule has 1 heteroatoms. The van der Waals surface area contributed by atoms with Crippen LogP contribution < -0.4 is 0 Å². The van der Waals surface area contributed by atoms with E-state index in [0.717, 1.165) is 12.0 Å². The lowest BCUT2D eigenvalue weighted by molar-refractivity contribution is 0.470. The van der Waals surface area contributed by atoms with E-state index in [1.54, 1.807) is 6.07 Å². The summed E-state index contributed by atoms with van der Waals surface area (Å²) in [6, 6.07) is 17.6. The van der Waals surface area contributed by atoms with E-state index in [9.17, 15) is 5.11 Å². The van der Waals surface area contributed by atoms with Crippen molar-refractivity contribution < 1.29 is 5.11 Å². The maximum atomic E-state index is 9.57. The van der Waals surface area contributed by atoms with Crippen LogP contribution in [0.3, 0.4) is 0 Å². The van der Waals surface area contributed by atoms with Crippen LogP contribution in [0.5, 0.6) is 5.75 Å². The Morgan fingerprint density at radius 2 is 1.56 bits per heavy atom. The van der Waals surface area contributed by atoms with Crippen LogP contribution in [0.25, 0.3) is 6.08 Å². The number of rotatable bonds is 3. The number of benzene rings is 2. The van der Waals surface area contributed by atoms with Crippen molar-refractivity contribution in [1.82, 2.24) is 0 Å². The second kappa shape index (κ2) is 5.17. The summed E-state index contributed by atoms with van der Waals surface area (Å²) in [6.07, 6.45) is 4.87. The molecule has 0 aliphatic heterocycles. The average molecular weight is 210 g/mol. The largest absolute Gasteiger partial charge is 0.508 e. The lowest BCUT2D eigenvalue weighted by Crippen LogP contribution is -1.81. The number of hydrogen-bond donors (Lipinski definition) is 1. The van der Waals surface area contributed by atoms with Crippen LogP contribution in [0, 0.1) is 0 Å². The fourth-order valence-electron chi connectivity index (χ4n) is 1.57. The van der Waals surface area contributed by atoms with E-state index in [4.69, 9.17) is 0 Å². The van der Waals surface area contributed by atoms with Crippen LogP contribution in [0.2, 0.25) is 0 Å². The lowest BCUT2D eigenvalue weighted by Gasteiger charge is -1.99. The maximum Gasteiger partial charge on any atom is 0.119 e. The van der Waals surface area contributed by atoms with Crippen molar-refractivity contribution in [1.29, 1.82) is 0 Å². The van der Waals surface area contributed by atoms with Gasteiger partial charge in [-0.05, 0) is 23.6 Å². The van der Waals surface area contributed by atoms with Crippen LogP contribution >= 0.6 is 0 Å². The SMILES string of the molecule is Oc1ccccc1C/C=C\c1ccccc1. The minimum Gasteiger partial charge on any atom is -0.508 e. The summed E-state index contributed by atoms with van der Waals surface area (Å²) in [5.41, 5.74) is 2.13. The molecule has 1 N–H and O–H groups in total. The summed E-state index contributed by atoms with van der Waals surface area (Å²) < 4.78 is 0. The zero-order valence-corrected chi connectivity index (χ0v) is 9.01. The van der Waals surface area contributed by atoms with Gasteiger partial charge < -0.3 is 5.11 Å². The van der Waals surface area contributed by atoms with Gasteiger partial charge in [0.05, 0.1) is 0 Å². The molecule has 2 aromatic carbocycles. The molecule has 0 aliphatic rings. The third kappa shape index (κ3) is 2.74. The van der Waals surface area contributed by atoms with Crippen molar-refractivity contribution >= 4 is 6.08 Å². The molecule has 0 heterocycles. The van der Waals surface area contributed by atoms with Crippen molar-refractivity contribution in [3.8, 4) is 5.75 Å². The van der Waals surface area contributed by atoms with Crippen LogP contribution in [0.4, 0.5) is 0 Å². The van der Waals surface area contributed by atoms with Crippen LogP contribution in [0.1, 0.15) is 11.1 Å². The number of hydrogen-bond acceptors (Lipinski definition) is 1. The van der Waals surface area contributed by atoms with Crippen LogP contribution in [-0.4, -0.2) is 5.11 Å². The molecule has 0 saturated heterocycles. The molecule has 0 saturated carbocycles. The lowest BCUT2D eigenvalue weighted by atomic mass is 10.1. The minimum atomic E-state index is 0.361. The van der Waals surface area contributed by atoms with E-state index in [1.807, 2.05) is 36.4 Å². The van der Waals surface area contributed by atoms with E-state index < -0.39 is 0 Å². The third-order valence-corrected chi connectivity index (χ3v) is 2.44. The third-order valence-electron chi connectivity index (χ3n) is 2.44. The summed E-state index contributed by atoms with van der Waals surface area (Å²) in [7, 11) is 0. The van der Waals surface area contributed by atoms with Gasteiger partial charge in [-0.1, -0.05) is 60.7 Å². The molecule has 0 aromatic heterocycles. The summed E-state index contributed by atoms with van der Waals surface area (Å²) in [5.74, 6) is 0.361. The maximum absolute atomic E-state index is 9.57. The molecule has 0 radical (unpaired) electrons. The fraction of sp³-hybridized carbons (Fsp3) is 0.0667. The molecule has 16 heavy (non-hydrogen) atoms. The van der Waals surface area contributed by atoms with Crippen molar-refractivity contribution in [2.75, 3.05) is 0 Å². The first-order valence-corrected chi connectivity index (χ1v) is 5.35. The second-order valence-corrected chi connectivity index (χ2v) is 3.65. The van der Waals surface area contributed by atoms with Crippen molar-refractivity contribution in [3.05, 3.63) is 71.8 Å². The molecule has 0 amide bonds.